The van der Waals surface area contributed by atoms with Crippen LogP contribution in [0.1, 0.15) is 31.4 Å². The van der Waals surface area contributed by atoms with Crippen LogP contribution in [-0.2, 0) is 0 Å². The van der Waals surface area contributed by atoms with E-state index in [1.54, 1.807) is 6.20 Å². The molecule has 15 heavy (non-hydrogen) atoms. The summed E-state index contributed by atoms with van der Waals surface area (Å²) in [5, 5.41) is 8.61. The lowest BCUT2D eigenvalue weighted by atomic mass is 10.2. The van der Waals surface area contributed by atoms with E-state index in [0.717, 1.165) is 5.82 Å². The topological polar surface area (TPSA) is 52.8 Å². The van der Waals surface area contributed by atoms with E-state index in [9.17, 15) is 0 Å². The van der Waals surface area contributed by atoms with Crippen molar-refractivity contribution in [2.24, 2.45) is 0 Å². The Kier molecular flexibility index (Phi) is 2.82. The molecule has 0 aliphatic heterocycles. The van der Waals surface area contributed by atoms with Crippen LogP contribution in [0.5, 0.6) is 0 Å². The molecule has 0 aromatic carbocycles. The maximum absolute atomic E-state index is 8.61. The molecule has 0 amide bonds. The molecule has 1 aliphatic rings. The maximum atomic E-state index is 8.61. The van der Waals surface area contributed by atoms with Crippen LogP contribution < -0.4 is 4.90 Å². The van der Waals surface area contributed by atoms with Crippen LogP contribution in [0.2, 0.25) is 0 Å². The third-order valence-electron chi connectivity index (χ3n) is 2.99. The van der Waals surface area contributed by atoms with Crippen molar-refractivity contribution in [1.29, 1.82) is 5.26 Å². The molecule has 4 heteroatoms. The molecule has 0 radical (unpaired) electrons. The summed E-state index contributed by atoms with van der Waals surface area (Å²) >= 11 is 0. The van der Waals surface area contributed by atoms with Gasteiger partial charge in [-0.2, -0.15) is 5.26 Å². The van der Waals surface area contributed by atoms with Gasteiger partial charge < -0.3 is 4.90 Å². The van der Waals surface area contributed by atoms with Crippen LogP contribution in [-0.4, -0.2) is 23.1 Å². The molecule has 2 rings (SSSR count). The predicted octanol–water partition coefficient (Wildman–Crippen LogP) is 1.73. The molecule has 0 bridgehead atoms. The lowest BCUT2D eigenvalue weighted by Crippen LogP contribution is -2.29. The standard InChI is InChI=1S/C11H14N4/c1-15(10-4-2-3-5-10)11-8-13-9(6-12)7-14-11/h7-8,10H,2-5H2,1H3. The molecular weight excluding hydrogens is 188 g/mol. The highest BCUT2D eigenvalue weighted by molar-refractivity contribution is 5.37. The number of nitriles is 1. The van der Waals surface area contributed by atoms with Gasteiger partial charge in [0.25, 0.3) is 0 Å². The quantitative estimate of drug-likeness (QED) is 0.732. The summed E-state index contributed by atoms with van der Waals surface area (Å²) in [5.74, 6) is 0.862. The molecule has 1 aromatic heterocycles. The Bertz CT molecular complexity index is 359. The molecule has 1 aliphatic carbocycles. The fourth-order valence-corrected chi connectivity index (χ4v) is 2.04. The lowest BCUT2D eigenvalue weighted by molar-refractivity contribution is 0.645. The van der Waals surface area contributed by atoms with Gasteiger partial charge in [0.05, 0.1) is 12.4 Å². The smallest absolute Gasteiger partial charge is 0.158 e. The normalized spacial score (nSPS) is 16.3. The Labute approximate surface area is 89.6 Å². The first-order valence-corrected chi connectivity index (χ1v) is 5.26. The minimum Gasteiger partial charge on any atom is -0.355 e. The van der Waals surface area contributed by atoms with Gasteiger partial charge in [0.15, 0.2) is 5.69 Å². The third kappa shape index (κ3) is 2.07. The van der Waals surface area contributed by atoms with Crippen LogP contribution in [0, 0.1) is 11.3 Å². The van der Waals surface area contributed by atoms with E-state index in [1.165, 1.54) is 31.9 Å². The summed E-state index contributed by atoms with van der Waals surface area (Å²) in [7, 11) is 2.05. The lowest BCUT2D eigenvalue weighted by Gasteiger charge is -2.24. The van der Waals surface area contributed by atoms with Crippen molar-refractivity contribution in [3.05, 3.63) is 18.1 Å². The molecule has 0 spiro atoms. The number of hydrogen-bond acceptors (Lipinski definition) is 4. The molecule has 0 unspecified atom stereocenters. The number of nitrogens with zero attached hydrogens (tertiary/aromatic N) is 4. The number of hydrogen-bond donors (Lipinski definition) is 0. The average molecular weight is 202 g/mol. The van der Waals surface area contributed by atoms with Gasteiger partial charge in [0.2, 0.25) is 0 Å². The van der Waals surface area contributed by atoms with Crippen molar-refractivity contribution in [3.8, 4) is 6.07 Å². The van der Waals surface area contributed by atoms with Crippen molar-refractivity contribution < 1.29 is 0 Å². The zero-order valence-corrected chi connectivity index (χ0v) is 8.85. The molecule has 1 saturated carbocycles. The predicted molar refractivity (Wildman–Crippen MR) is 57.4 cm³/mol. The van der Waals surface area contributed by atoms with E-state index in [1.807, 2.05) is 13.1 Å². The van der Waals surface area contributed by atoms with Crippen molar-refractivity contribution in [2.45, 2.75) is 31.7 Å². The summed E-state index contributed by atoms with van der Waals surface area (Å²) in [6.45, 7) is 0. The first-order valence-electron chi connectivity index (χ1n) is 5.26. The van der Waals surface area contributed by atoms with E-state index >= 15 is 0 Å². The molecule has 1 fully saturated rings. The largest absolute Gasteiger partial charge is 0.355 e. The van der Waals surface area contributed by atoms with Crippen LogP contribution in [0.25, 0.3) is 0 Å². The van der Waals surface area contributed by atoms with E-state index in [4.69, 9.17) is 5.26 Å². The fourth-order valence-electron chi connectivity index (χ4n) is 2.04. The van der Waals surface area contributed by atoms with Gasteiger partial charge in [-0.25, -0.2) is 9.97 Å². The molecule has 4 nitrogen and oxygen atoms in total. The van der Waals surface area contributed by atoms with E-state index < -0.39 is 0 Å². The van der Waals surface area contributed by atoms with Gasteiger partial charge in [-0.05, 0) is 12.8 Å². The Hall–Kier alpha value is -1.63. The summed E-state index contributed by atoms with van der Waals surface area (Å²) in [6.07, 6.45) is 8.28. The van der Waals surface area contributed by atoms with E-state index in [2.05, 4.69) is 14.9 Å². The first kappa shape index (κ1) is 9.91. The molecule has 0 N–H and O–H groups in total. The summed E-state index contributed by atoms with van der Waals surface area (Å²) in [4.78, 5) is 10.4. The van der Waals surface area contributed by atoms with Crippen LogP contribution in [0.15, 0.2) is 12.4 Å². The maximum Gasteiger partial charge on any atom is 0.158 e. The van der Waals surface area contributed by atoms with Crippen molar-refractivity contribution in [2.75, 3.05) is 11.9 Å². The SMILES string of the molecule is CN(c1cnc(C#N)cn1)C1CCCC1. The Morgan fingerprint density at radius 1 is 1.33 bits per heavy atom. The highest BCUT2D eigenvalue weighted by Gasteiger charge is 2.20. The van der Waals surface area contributed by atoms with Crippen molar-refractivity contribution in [1.82, 2.24) is 9.97 Å². The highest BCUT2D eigenvalue weighted by Crippen LogP contribution is 2.25. The van der Waals surface area contributed by atoms with Gasteiger partial charge in [0, 0.05) is 13.1 Å². The van der Waals surface area contributed by atoms with Gasteiger partial charge >= 0.3 is 0 Å². The molecule has 0 atom stereocenters. The van der Waals surface area contributed by atoms with Gasteiger partial charge in [-0.1, -0.05) is 12.8 Å². The van der Waals surface area contributed by atoms with E-state index in [-0.39, 0.29) is 0 Å². The second kappa shape index (κ2) is 4.26. The Morgan fingerprint density at radius 2 is 2.07 bits per heavy atom. The van der Waals surface area contributed by atoms with E-state index in [0.29, 0.717) is 11.7 Å². The second-order valence-electron chi connectivity index (χ2n) is 3.92. The fraction of sp³-hybridized carbons (Fsp3) is 0.545. The van der Waals surface area contributed by atoms with Crippen LogP contribution in [0.4, 0.5) is 5.82 Å². The van der Waals surface area contributed by atoms with Gasteiger partial charge in [-0.15, -0.1) is 0 Å². The zero-order chi connectivity index (χ0) is 10.7. The Balaban J connectivity index is 2.11. The minimum atomic E-state index is 0.374. The zero-order valence-electron chi connectivity index (χ0n) is 8.85. The van der Waals surface area contributed by atoms with Gasteiger partial charge in [-0.3, -0.25) is 0 Å². The third-order valence-corrected chi connectivity index (χ3v) is 2.99. The summed E-state index contributed by atoms with van der Waals surface area (Å²) in [6, 6.07) is 2.56. The summed E-state index contributed by atoms with van der Waals surface area (Å²) in [5.41, 5.74) is 0.374. The molecular formula is C11H14N4. The average Bonchev–Trinajstić information content (AvgIpc) is 2.82. The van der Waals surface area contributed by atoms with Gasteiger partial charge in [0.1, 0.15) is 11.9 Å². The number of anilines is 1. The molecule has 78 valence electrons. The van der Waals surface area contributed by atoms with Crippen molar-refractivity contribution >= 4 is 5.82 Å². The van der Waals surface area contributed by atoms with Crippen molar-refractivity contribution in [3.63, 3.8) is 0 Å². The second-order valence-corrected chi connectivity index (χ2v) is 3.92. The summed E-state index contributed by atoms with van der Waals surface area (Å²) < 4.78 is 0. The van der Waals surface area contributed by atoms with Crippen LogP contribution in [0.3, 0.4) is 0 Å². The highest BCUT2D eigenvalue weighted by atomic mass is 15.2. The molecule has 0 saturated heterocycles. The molecule has 1 heterocycles. The monoisotopic (exact) mass is 202 g/mol. The Morgan fingerprint density at radius 3 is 2.60 bits per heavy atom. The number of rotatable bonds is 2. The number of aromatic nitrogens is 2. The molecule has 1 aromatic rings. The van der Waals surface area contributed by atoms with Crippen LogP contribution >= 0.6 is 0 Å². The minimum absolute atomic E-state index is 0.374. The first-order chi connectivity index (χ1) is 7.31.